The fourth-order valence-corrected chi connectivity index (χ4v) is 1.96. The second-order valence-corrected chi connectivity index (χ2v) is 4.92. The Balaban J connectivity index is 1.77. The Labute approximate surface area is 124 Å². The van der Waals surface area contributed by atoms with Gasteiger partial charge >= 0.3 is 0 Å². The zero-order chi connectivity index (χ0) is 14.9. The minimum atomic E-state index is 0.0329. The van der Waals surface area contributed by atoms with Crippen molar-refractivity contribution >= 4 is 5.91 Å². The molecular formula is C16H21N3O2. The third-order valence-electron chi connectivity index (χ3n) is 3.16. The van der Waals surface area contributed by atoms with Crippen LogP contribution in [-0.2, 0) is 11.2 Å². The van der Waals surface area contributed by atoms with Crippen molar-refractivity contribution in [1.82, 2.24) is 15.5 Å². The van der Waals surface area contributed by atoms with E-state index >= 15 is 0 Å². The molecule has 21 heavy (non-hydrogen) atoms. The molecule has 1 heterocycles. The van der Waals surface area contributed by atoms with E-state index in [0.717, 1.165) is 31.4 Å². The van der Waals surface area contributed by atoms with Crippen LogP contribution in [0.1, 0.15) is 38.5 Å². The molecule has 5 nitrogen and oxygen atoms in total. The molecule has 0 radical (unpaired) electrons. The lowest BCUT2D eigenvalue weighted by Crippen LogP contribution is -2.24. The van der Waals surface area contributed by atoms with Crippen molar-refractivity contribution in [3.05, 3.63) is 36.2 Å². The van der Waals surface area contributed by atoms with Crippen molar-refractivity contribution in [2.75, 3.05) is 6.54 Å². The summed E-state index contributed by atoms with van der Waals surface area (Å²) in [5.74, 6) is 1.03. The lowest BCUT2D eigenvalue weighted by atomic mass is 10.2. The van der Waals surface area contributed by atoms with Crippen LogP contribution in [-0.4, -0.2) is 22.6 Å². The van der Waals surface area contributed by atoms with Gasteiger partial charge in [0.2, 0.25) is 17.7 Å². The fraction of sp³-hybridized carbons (Fsp3) is 0.438. The molecule has 1 amide bonds. The van der Waals surface area contributed by atoms with Crippen molar-refractivity contribution in [2.45, 2.75) is 39.0 Å². The molecule has 0 aliphatic carbocycles. The van der Waals surface area contributed by atoms with E-state index in [1.54, 1.807) is 0 Å². The first-order chi connectivity index (χ1) is 10.3. The lowest BCUT2D eigenvalue weighted by Gasteiger charge is -2.02. The van der Waals surface area contributed by atoms with Gasteiger partial charge in [-0.15, -0.1) is 10.2 Å². The van der Waals surface area contributed by atoms with Gasteiger partial charge in [-0.05, 0) is 18.6 Å². The first-order valence-electron chi connectivity index (χ1n) is 7.44. The average molecular weight is 287 g/mol. The van der Waals surface area contributed by atoms with Gasteiger partial charge in [0.1, 0.15) is 0 Å². The molecule has 1 N–H and O–H groups in total. The molecule has 0 fully saturated rings. The summed E-state index contributed by atoms with van der Waals surface area (Å²) in [5.41, 5.74) is 0.889. The summed E-state index contributed by atoms with van der Waals surface area (Å²) in [4.78, 5) is 11.7. The zero-order valence-electron chi connectivity index (χ0n) is 12.3. The molecule has 2 aromatic rings. The maximum Gasteiger partial charge on any atom is 0.247 e. The second-order valence-electron chi connectivity index (χ2n) is 4.92. The number of nitrogens with one attached hydrogen (secondary N) is 1. The van der Waals surface area contributed by atoms with E-state index in [-0.39, 0.29) is 5.91 Å². The van der Waals surface area contributed by atoms with Gasteiger partial charge in [0.15, 0.2) is 0 Å². The number of aryl methyl sites for hydroxylation is 1. The fourth-order valence-electron chi connectivity index (χ4n) is 1.96. The number of amides is 1. The first-order valence-corrected chi connectivity index (χ1v) is 7.44. The maximum atomic E-state index is 11.7. The van der Waals surface area contributed by atoms with Crippen molar-refractivity contribution in [3.8, 4) is 11.5 Å². The number of hydrogen-bond donors (Lipinski definition) is 1. The summed E-state index contributed by atoms with van der Waals surface area (Å²) < 4.78 is 5.56. The van der Waals surface area contributed by atoms with Crippen molar-refractivity contribution in [1.29, 1.82) is 0 Å². The summed E-state index contributed by atoms with van der Waals surface area (Å²) in [6, 6.07) is 9.60. The van der Waals surface area contributed by atoms with Gasteiger partial charge < -0.3 is 9.73 Å². The van der Waals surface area contributed by atoms with Crippen LogP contribution in [0.2, 0.25) is 0 Å². The number of hydrogen-bond acceptors (Lipinski definition) is 4. The number of unbranched alkanes of at least 4 members (excludes halogenated alkanes) is 2. The monoisotopic (exact) mass is 287 g/mol. The SMILES string of the molecule is CCCCCNC(=O)CCc1nnc(-c2ccccc2)o1. The molecule has 0 bridgehead atoms. The van der Waals surface area contributed by atoms with E-state index < -0.39 is 0 Å². The number of benzene rings is 1. The number of rotatable bonds is 8. The Morgan fingerprint density at radius 2 is 2.00 bits per heavy atom. The molecule has 112 valence electrons. The predicted molar refractivity (Wildman–Crippen MR) is 80.6 cm³/mol. The van der Waals surface area contributed by atoms with Gasteiger partial charge in [-0.2, -0.15) is 0 Å². The van der Waals surface area contributed by atoms with E-state index in [1.807, 2.05) is 30.3 Å². The van der Waals surface area contributed by atoms with Crippen LogP contribution in [0.25, 0.3) is 11.5 Å². The average Bonchev–Trinajstić information content (AvgIpc) is 2.99. The third-order valence-corrected chi connectivity index (χ3v) is 3.16. The van der Waals surface area contributed by atoms with Crippen LogP contribution in [0.5, 0.6) is 0 Å². The van der Waals surface area contributed by atoms with E-state index in [9.17, 15) is 4.79 Å². The highest BCUT2D eigenvalue weighted by molar-refractivity contribution is 5.75. The molecule has 1 aromatic heterocycles. The highest BCUT2D eigenvalue weighted by Gasteiger charge is 2.09. The lowest BCUT2D eigenvalue weighted by molar-refractivity contribution is -0.121. The van der Waals surface area contributed by atoms with Gasteiger partial charge in [0.25, 0.3) is 0 Å². The highest BCUT2D eigenvalue weighted by Crippen LogP contribution is 2.17. The summed E-state index contributed by atoms with van der Waals surface area (Å²) in [5, 5.41) is 10.9. The van der Waals surface area contributed by atoms with Crippen LogP contribution in [0.4, 0.5) is 0 Å². The van der Waals surface area contributed by atoms with Crippen LogP contribution in [0, 0.1) is 0 Å². The summed E-state index contributed by atoms with van der Waals surface area (Å²) >= 11 is 0. The standard InChI is InChI=1S/C16H21N3O2/c1-2-3-7-12-17-14(20)10-11-15-18-19-16(21-15)13-8-5-4-6-9-13/h4-6,8-9H,2-3,7,10-12H2,1H3,(H,17,20). The van der Waals surface area contributed by atoms with Crippen LogP contribution in [0.15, 0.2) is 34.7 Å². The number of nitrogens with zero attached hydrogens (tertiary/aromatic N) is 2. The van der Waals surface area contributed by atoms with Crippen LogP contribution >= 0.6 is 0 Å². The Bertz CT molecular complexity index is 552. The molecule has 0 spiro atoms. The van der Waals surface area contributed by atoms with E-state index in [0.29, 0.717) is 24.6 Å². The zero-order valence-corrected chi connectivity index (χ0v) is 12.3. The Kier molecular flexibility index (Phi) is 5.94. The van der Waals surface area contributed by atoms with E-state index in [2.05, 4.69) is 22.4 Å². The Morgan fingerprint density at radius 1 is 1.19 bits per heavy atom. The highest BCUT2D eigenvalue weighted by atomic mass is 16.4. The number of carbonyl (C=O) groups is 1. The van der Waals surface area contributed by atoms with Gasteiger partial charge in [-0.1, -0.05) is 38.0 Å². The molecule has 0 saturated carbocycles. The van der Waals surface area contributed by atoms with E-state index in [1.165, 1.54) is 0 Å². The molecule has 0 saturated heterocycles. The minimum Gasteiger partial charge on any atom is -0.421 e. The molecule has 0 aliphatic rings. The Morgan fingerprint density at radius 3 is 2.76 bits per heavy atom. The molecule has 0 aliphatic heterocycles. The largest absolute Gasteiger partial charge is 0.421 e. The quantitative estimate of drug-likeness (QED) is 0.758. The minimum absolute atomic E-state index is 0.0329. The molecule has 5 heteroatoms. The molecular weight excluding hydrogens is 266 g/mol. The topological polar surface area (TPSA) is 68.0 Å². The molecule has 2 rings (SSSR count). The normalized spacial score (nSPS) is 10.5. The maximum absolute atomic E-state index is 11.7. The van der Waals surface area contributed by atoms with Crippen LogP contribution < -0.4 is 5.32 Å². The third kappa shape index (κ3) is 5.02. The summed E-state index contributed by atoms with van der Waals surface area (Å²) in [6.07, 6.45) is 4.17. The van der Waals surface area contributed by atoms with Gasteiger partial charge in [0.05, 0.1) is 0 Å². The summed E-state index contributed by atoms with van der Waals surface area (Å²) in [7, 11) is 0. The molecule has 1 aromatic carbocycles. The van der Waals surface area contributed by atoms with Crippen LogP contribution in [0.3, 0.4) is 0 Å². The van der Waals surface area contributed by atoms with Crippen molar-refractivity contribution < 1.29 is 9.21 Å². The second kappa shape index (κ2) is 8.19. The molecule has 0 atom stereocenters. The summed E-state index contributed by atoms with van der Waals surface area (Å²) in [6.45, 7) is 2.88. The number of aromatic nitrogens is 2. The van der Waals surface area contributed by atoms with E-state index in [4.69, 9.17) is 4.42 Å². The predicted octanol–water partition coefficient (Wildman–Crippen LogP) is 2.98. The smallest absolute Gasteiger partial charge is 0.247 e. The molecule has 0 unspecified atom stereocenters. The van der Waals surface area contributed by atoms with Gasteiger partial charge in [0, 0.05) is 24.9 Å². The van der Waals surface area contributed by atoms with Crippen molar-refractivity contribution in [3.63, 3.8) is 0 Å². The van der Waals surface area contributed by atoms with Gasteiger partial charge in [-0.3, -0.25) is 4.79 Å². The first kappa shape index (κ1) is 15.2. The Hall–Kier alpha value is -2.17. The van der Waals surface area contributed by atoms with Crippen molar-refractivity contribution in [2.24, 2.45) is 0 Å². The van der Waals surface area contributed by atoms with Gasteiger partial charge in [-0.25, -0.2) is 0 Å². The number of carbonyl (C=O) groups excluding carboxylic acids is 1.